The number of benzene rings is 2. The Morgan fingerprint density at radius 1 is 0.919 bits per heavy atom. The van der Waals surface area contributed by atoms with E-state index in [9.17, 15) is 0 Å². The van der Waals surface area contributed by atoms with Gasteiger partial charge in [0, 0.05) is 52.8 Å². The maximum atomic E-state index is 4.82. The lowest BCUT2D eigenvalue weighted by molar-refractivity contribution is 0.0344. The highest BCUT2D eigenvalue weighted by atomic mass is 15.5. The van der Waals surface area contributed by atoms with Gasteiger partial charge in [-0.3, -0.25) is 0 Å². The van der Waals surface area contributed by atoms with Gasteiger partial charge in [0.2, 0.25) is 0 Å². The average Bonchev–Trinajstić information content (AvgIpc) is 3.23. The summed E-state index contributed by atoms with van der Waals surface area (Å²) in [5.41, 5.74) is 6.06. The van der Waals surface area contributed by atoms with Crippen LogP contribution in [0.3, 0.4) is 0 Å². The van der Waals surface area contributed by atoms with Crippen molar-refractivity contribution in [1.29, 1.82) is 0 Å². The number of pyridine rings is 1. The molecule has 0 radical (unpaired) electrons. The molecule has 1 saturated heterocycles. The Bertz CT molecular complexity index is 1350. The first kappa shape index (κ1) is 23.6. The highest BCUT2D eigenvalue weighted by Crippen LogP contribution is 2.63. The summed E-state index contributed by atoms with van der Waals surface area (Å²) >= 11 is 0. The molecule has 4 nitrogen and oxygen atoms in total. The molecule has 0 saturated carbocycles. The number of nitrogens with zero attached hydrogens (tertiary/aromatic N) is 4. The Labute approximate surface area is 221 Å². The summed E-state index contributed by atoms with van der Waals surface area (Å²) in [5.74, 6) is 1.41. The summed E-state index contributed by atoms with van der Waals surface area (Å²) < 4.78 is 0. The summed E-state index contributed by atoms with van der Waals surface area (Å²) in [6, 6.07) is 25.7. The number of hydrogen-bond acceptors (Lipinski definition) is 4. The van der Waals surface area contributed by atoms with Gasteiger partial charge in [-0.25, -0.2) is 4.98 Å². The smallest absolute Gasteiger partial charge is 0.153 e. The van der Waals surface area contributed by atoms with Gasteiger partial charge in [-0.05, 0) is 55.8 Å². The van der Waals surface area contributed by atoms with E-state index in [1.165, 1.54) is 28.5 Å². The van der Waals surface area contributed by atoms with E-state index in [0.29, 0.717) is 5.92 Å². The fourth-order valence-electron chi connectivity index (χ4n) is 6.98. The van der Waals surface area contributed by atoms with Gasteiger partial charge in [-0.1, -0.05) is 75.4 Å². The topological polar surface area (TPSA) is 22.6 Å². The van der Waals surface area contributed by atoms with Crippen molar-refractivity contribution in [3.63, 3.8) is 0 Å². The molecule has 2 aromatic carbocycles. The highest BCUT2D eigenvalue weighted by Gasteiger charge is 2.61. The number of para-hydroxylation sites is 2. The SMILES string of the molecule is CC=CC1(C)C2CC=C(N(c3ccccc3)c3ccccc3)C=C2N2c3cccnc3N(C)C2C1(C)C. The number of piperidine rings is 1. The molecule has 3 unspecified atom stereocenters. The van der Waals surface area contributed by atoms with Crippen molar-refractivity contribution >= 4 is 22.9 Å². The number of rotatable bonds is 4. The molecule has 1 fully saturated rings. The summed E-state index contributed by atoms with van der Waals surface area (Å²) in [7, 11) is 2.20. The highest BCUT2D eigenvalue weighted by molar-refractivity contribution is 5.79. The van der Waals surface area contributed by atoms with Crippen molar-refractivity contribution < 1.29 is 0 Å². The summed E-state index contributed by atoms with van der Waals surface area (Å²) in [6.07, 6.45) is 12.6. The molecule has 37 heavy (non-hydrogen) atoms. The molecule has 6 rings (SSSR count). The zero-order chi connectivity index (χ0) is 25.8. The summed E-state index contributed by atoms with van der Waals surface area (Å²) in [4.78, 5) is 12.2. The summed E-state index contributed by atoms with van der Waals surface area (Å²) in [5, 5.41) is 0. The van der Waals surface area contributed by atoms with Crippen LogP contribution in [0.1, 0.15) is 34.1 Å². The molecule has 2 aliphatic heterocycles. The van der Waals surface area contributed by atoms with Crippen LogP contribution in [0.2, 0.25) is 0 Å². The molecular formula is C33H36N4. The molecule has 0 bridgehead atoms. The first-order valence-electron chi connectivity index (χ1n) is 13.3. The van der Waals surface area contributed by atoms with E-state index in [1.54, 1.807) is 0 Å². The van der Waals surface area contributed by atoms with Crippen molar-refractivity contribution in [3.8, 4) is 0 Å². The van der Waals surface area contributed by atoms with E-state index in [-0.39, 0.29) is 17.0 Å². The van der Waals surface area contributed by atoms with Crippen LogP contribution in [0.4, 0.5) is 22.9 Å². The monoisotopic (exact) mass is 488 g/mol. The lowest BCUT2D eigenvalue weighted by atomic mass is 9.53. The van der Waals surface area contributed by atoms with Crippen LogP contribution in [-0.4, -0.2) is 18.2 Å². The van der Waals surface area contributed by atoms with E-state index in [2.05, 4.69) is 147 Å². The van der Waals surface area contributed by atoms with Crippen LogP contribution < -0.4 is 14.7 Å². The maximum Gasteiger partial charge on any atom is 0.153 e. The third kappa shape index (κ3) is 3.38. The number of hydrogen-bond donors (Lipinski definition) is 0. The number of allylic oxidation sites excluding steroid dienone is 5. The van der Waals surface area contributed by atoms with Crippen LogP contribution in [0.5, 0.6) is 0 Å². The van der Waals surface area contributed by atoms with E-state index in [1.807, 2.05) is 6.20 Å². The van der Waals surface area contributed by atoms with Gasteiger partial charge in [-0.15, -0.1) is 0 Å². The van der Waals surface area contributed by atoms with E-state index in [0.717, 1.165) is 12.2 Å². The predicted octanol–water partition coefficient (Wildman–Crippen LogP) is 7.91. The van der Waals surface area contributed by atoms with Gasteiger partial charge in [-0.2, -0.15) is 0 Å². The van der Waals surface area contributed by atoms with Crippen LogP contribution in [0, 0.1) is 16.7 Å². The third-order valence-electron chi connectivity index (χ3n) is 9.02. The Kier molecular flexibility index (Phi) is 5.52. The number of fused-ring (bicyclic) bond motifs is 5. The van der Waals surface area contributed by atoms with Crippen molar-refractivity contribution in [2.45, 2.75) is 40.3 Å². The Hall–Kier alpha value is -3.79. The van der Waals surface area contributed by atoms with Gasteiger partial charge >= 0.3 is 0 Å². The maximum absolute atomic E-state index is 4.82. The van der Waals surface area contributed by atoms with Crippen molar-refractivity contribution in [2.75, 3.05) is 21.7 Å². The Morgan fingerprint density at radius 2 is 1.57 bits per heavy atom. The van der Waals surface area contributed by atoms with E-state index < -0.39 is 0 Å². The largest absolute Gasteiger partial charge is 0.337 e. The quantitative estimate of drug-likeness (QED) is 0.348. The normalized spacial score (nSPS) is 25.8. The molecule has 0 amide bonds. The second kappa shape index (κ2) is 8.65. The fraction of sp³-hybridized carbons (Fsp3) is 0.303. The Balaban J connectivity index is 1.55. The molecule has 4 heteroatoms. The van der Waals surface area contributed by atoms with E-state index in [4.69, 9.17) is 4.98 Å². The Morgan fingerprint density at radius 3 is 2.19 bits per heavy atom. The lowest BCUT2D eigenvalue weighted by Crippen LogP contribution is -2.64. The molecule has 3 heterocycles. The molecule has 3 aliphatic rings. The second-order valence-electron chi connectivity index (χ2n) is 11.2. The minimum absolute atomic E-state index is 0.0269. The van der Waals surface area contributed by atoms with Gasteiger partial charge in [0.15, 0.2) is 5.82 Å². The van der Waals surface area contributed by atoms with Gasteiger partial charge in [0.1, 0.15) is 6.17 Å². The predicted molar refractivity (Wildman–Crippen MR) is 155 cm³/mol. The molecular weight excluding hydrogens is 452 g/mol. The molecule has 188 valence electrons. The molecule has 0 N–H and O–H groups in total. The molecule has 1 aromatic heterocycles. The van der Waals surface area contributed by atoms with Crippen molar-refractivity contribution in [3.05, 3.63) is 115 Å². The van der Waals surface area contributed by atoms with Crippen LogP contribution >= 0.6 is 0 Å². The van der Waals surface area contributed by atoms with Crippen molar-refractivity contribution in [2.24, 2.45) is 16.7 Å². The average molecular weight is 489 g/mol. The third-order valence-corrected chi connectivity index (χ3v) is 9.02. The van der Waals surface area contributed by atoms with Crippen molar-refractivity contribution in [1.82, 2.24) is 4.98 Å². The first-order chi connectivity index (χ1) is 17.9. The zero-order valence-electron chi connectivity index (χ0n) is 22.5. The van der Waals surface area contributed by atoms with Crippen LogP contribution in [0.25, 0.3) is 0 Å². The molecule has 3 aromatic rings. The van der Waals surface area contributed by atoms with Crippen LogP contribution in [-0.2, 0) is 0 Å². The fourth-order valence-corrected chi connectivity index (χ4v) is 6.98. The van der Waals surface area contributed by atoms with E-state index >= 15 is 0 Å². The molecule has 3 atom stereocenters. The van der Waals surface area contributed by atoms with Gasteiger partial charge < -0.3 is 14.7 Å². The minimum Gasteiger partial charge on any atom is -0.337 e. The molecule has 0 spiro atoms. The first-order valence-corrected chi connectivity index (χ1v) is 13.3. The zero-order valence-corrected chi connectivity index (χ0v) is 22.5. The number of anilines is 4. The second-order valence-corrected chi connectivity index (χ2v) is 11.2. The molecule has 1 aliphatic carbocycles. The summed E-state index contributed by atoms with van der Waals surface area (Å²) in [6.45, 7) is 9.48. The van der Waals surface area contributed by atoms with Crippen LogP contribution in [0.15, 0.2) is 115 Å². The van der Waals surface area contributed by atoms with Gasteiger partial charge in [0.05, 0.1) is 5.69 Å². The number of aromatic nitrogens is 1. The minimum atomic E-state index is -0.0304. The lowest BCUT2D eigenvalue weighted by Gasteiger charge is -2.61. The standard InChI is InChI=1S/C33H36N4/c1-6-21-33(4)27-20-19-26(36(24-14-9-7-10-15-24)25-16-11-8-12-17-25)23-29(27)37-28-18-13-22-34-30(28)35(5)31(37)32(33,2)3/h6-19,21-23,27,31H,20H2,1-5H3. The van der Waals surface area contributed by atoms with Gasteiger partial charge in [0.25, 0.3) is 0 Å².